The number of carbonyl (C=O) groups is 1. The minimum Gasteiger partial charge on any atom is -0.463 e. The first kappa shape index (κ1) is 13.6. The third-order valence-corrected chi connectivity index (χ3v) is 3.70. The van der Waals surface area contributed by atoms with Gasteiger partial charge in [-0.2, -0.15) is 5.10 Å². The smallest absolute Gasteiger partial charge is 0.242 e. The van der Waals surface area contributed by atoms with Gasteiger partial charge in [0.2, 0.25) is 5.91 Å². The van der Waals surface area contributed by atoms with Gasteiger partial charge >= 0.3 is 0 Å². The van der Waals surface area contributed by atoms with E-state index in [4.69, 9.17) is 4.42 Å². The molecular weight excluding hydrogens is 264 g/mol. The van der Waals surface area contributed by atoms with Crippen molar-refractivity contribution in [3.8, 4) is 0 Å². The maximum atomic E-state index is 12.2. The zero-order valence-electron chi connectivity index (χ0n) is 12.2. The molecule has 0 saturated heterocycles. The van der Waals surface area contributed by atoms with Crippen LogP contribution >= 0.6 is 0 Å². The minimum atomic E-state index is -0.0440. The SMILES string of the molecule is CCC(=O)N1N=C(c2ccco2)C[C@@H]1c1cccc(C)c1. The van der Waals surface area contributed by atoms with Crippen molar-refractivity contribution >= 4 is 11.6 Å². The summed E-state index contributed by atoms with van der Waals surface area (Å²) in [5, 5.41) is 6.10. The van der Waals surface area contributed by atoms with Gasteiger partial charge < -0.3 is 4.42 Å². The fraction of sp³-hybridized carbons (Fsp3) is 0.294. The number of rotatable bonds is 3. The van der Waals surface area contributed by atoms with E-state index in [1.165, 1.54) is 5.56 Å². The molecule has 21 heavy (non-hydrogen) atoms. The molecule has 0 N–H and O–H groups in total. The Hall–Kier alpha value is -2.36. The lowest BCUT2D eigenvalue weighted by Gasteiger charge is -2.21. The van der Waals surface area contributed by atoms with Gasteiger partial charge in [-0.25, -0.2) is 5.01 Å². The van der Waals surface area contributed by atoms with Crippen LogP contribution in [0, 0.1) is 6.92 Å². The summed E-state index contributed by atoms with van der Waals surface area (Å²) >= 11 is 0. The Balaban J connectivity index is 1.95. The maximum Gasteiger partial charge on any atom is 0.242 e. The number of nitrogens with zero attached hydrogens (tertiary/aromatic N) is 2. The number of hydrogen-bond donors (Lipinski definition) is 0. The van der Waals surface area contributed by atoms with Gasteiger partial charge in [0.15, 0.2) is 0 Å². The molecule has 1 aliphatic heterocycles. The first-order chi connectivity index (χ1) is 10.2. The monoisotopic (exact) mass is 282 g/mol. The summed E-state index contributed by atoms with van der Waals surface area (Å²) in [6, 6.07) is 11.9. The predicted octanol–water partition coefficient (Wildman–Crippen LogP) is 3.68. The number of benzene rings is 1. The Kier molecular flexibility index (Phi) is 3.60. The third-order valence-electron chi connectivity index (χ3n) is 3.70. The highest BCUT2D eigenvalue weighted by molar-refractivity contribution is 6.01. The maximum absolute atomic E-state index is 12.2. The second kappa shape index (κ2) is 5.56. The number of hydrogen-bond acceptors (Lipinski definition) is 3. The van der Waals surface area contributed by atoms with Crippen molar-refractivity contribution in [2.24, 2.45) is 5.10 Å². The second-order valence-corrected chi connectivity index (χ2v) is 5.25. The molecule has 0 spiro atoms. The molecule has 1 amide bonds. The molecule has 0 bridgehead atoms. The molecule has 1 aliphatic rings. The minimum absolute atomic E-state index is 0.0306. The van der Waals surface area contributed by atoms with E-state index < -0.39 is 0 Å². The summed E-state index contributed by atoms with van der Waals surface area (Å²) < 4.78 is 5.42. The van der Waals surface area contributed by atoms with Crippen LogP contribution in [0.5, 0.6) is 0 Å². The molecule has 1 atom stereocenters. The fourth-order valence-electron chi connectivity index (χ4n) is 2.63. The van der Waals surface area contributed by atoms with E-state index in [0.717, 1.165) is 17.0 Å². The summed E-state index contributed by atoms with van der Waals surface area (Å²) in [6.45, 7) is 3.91. The lowest BCUT2D eigenvalue weighted by atomic mass is 9.99. The number of furan rings is 1. The number of aryl methyl sites for hydroxylation is 1. The molecule has 0 fully saturated rings. The van der Waals surface area contributed by atoms with Gasteiger partial charge in [0, 0.05) is 12.8 Å². The summed E-state index contributed by atoms with van der Waals surface area (Å²) in [4.78, 5) is 12.2. The van der Waals surface area contributed by atoms with Crippen LogP contribution in [0.25, 0.3) is 0 Å². The summed E-state index contributed by atoms with van der Waals surface area (Å²) in [5.74, 6) is 0.766. The van der Waals surface area contributed by atoms with E-state index in [-0.39, 0.29) is 11.9 Å². The molecule has 0 unspecified atom stereocenters. The first-order valence-electron chi connectivity index (χ1n) is 7.19. The van der Waals surface area contributed by atoms with Crippen molar-refractivity contribution in [3.63, 3.8) is 0 Å². The first-order valence-corrected chi connectivity index (χ1v) is 7.19. The molecule has 0 aliphatic carbocycles. The number of carbonyl (C=O) groups excluding carboxylic acids is 1. The van der Waals surface area contributed by atoms with Crippen molar-refractivity contribution in [3.05, 3.63) is 59.5 Å². The lowest BCUT2D eigenvalue weighted by Crippen LogP contribution is -2.26. The zero-order valence-corrected chi connectivity index (χ0v) is 12.2. The van der Waals surface area contributed by atoms with Gasteiger partial charge in [-0.05, 0) is 24.6 Å². The van der Waals surface area contributed by atoms with Crippen LogP contribution in [0.3, 0.4) is 0 Å². The largest absolute Gasteiger partial charge is 0.463 e. The lowest BCUT2D eigenvalue weighted by molar-refractivity contribution is -0.132. The summed E-state index contributed by atoms with van der Waals surface area (Å²) in [5.41, 5.74) is 3.12. The molecule has 0 saturated carbocycles. The van der Waals surface area contributed by atoms with Crippen molar-refractivity contribution in [2.45, 2.75) is 32.7 Å². The molecule has 4 heteroatoms. The normalized spacial score (nSPS) is 17.9. The Morgan fingerprint density at radius 1 is 1.38 bits per heavy atom. The van der Waals surface area contributed by atoms with Crippen molar-refractivity contribution in [1.82, 2.24) is 5.01 Å². The van der Waals surface area contributed by atoms with Crippen LogP contribution in [-0.4, -0.2) is 16.6 Å². The third kappa shape index (κ3) is 2.61. The standard InChI is InChI=1S/C17H18N2O2/c1-3-17(20)19-15(13-7-4-6-12(2)10-13)11-14(18-19)16-8-5-9-21-16/h4-10,15H,3,11H2,1-2H3/t15-/m1/s1. The van der Waals surface area contributed by atoms with Crippen molar-refractivity contribution < 1.29 is 9.21 Å². The Morgan fingerprint density at radius 2 is 2.24 bits per heavy atom. The molecule has 1 aromatic carbocycles. The molecule has 2 heterocycles. The molecule has 3 rings (SSSR count). The summed E-state index contributed by atoms with van der Waals surface area (Å²) in [6.07, 6.45) is 2.75. The van der Waals surface area contributed by atoms with Gasteiger partial charge in [-0.15, -0.1) is 0 Å². The number of hydrazone groups is 1. The Labute approximate surface area is 124 Å². The van der Waals surface area contributed by atoms with E-state index in [1.54, 1.807) is 11.3 Å². The van der Waals surface area contributed by atoms with Gasteiger partial charge in [-0.3, -0.25) is 4.79 Å². The second-order valence-electron chi connectivity index (χ2n) is 5.25. The highest BCUT2D eigenvalue weighted by Gasteiger charge is 2.33. The average Bonchev–Trinajstić information content (AvgIpc) is 3.15. The van der Waals surface area contributed by atoms with Gasteiger partial charge in [0.1, 0.15) is 11.5 Å². The van der Waals surface area contributed by atoms with Crippen LogP contribution < -0.4 is 0 Å². The van der Waals surface area contributed by atoms with Crippen LogP contribution in [-0.2, 0) is 4.79 Å². The Morgan fingerprint density at radius 3 is 2.90 bits per heavy atom. The molecule has 0 radical (unpaired) electrons. The zero-order chi connectivity index (χ0) is 14.8. The molecule has 4 nitrogen and oxygen atoms in total. The van der Waals surface area contributed by atoms with E-state index in [0.29, 0.717) is 12.8 Å². The topological polar surface area (TPSA) is 45.8 Å². The van der Waals surface area contributed by atoms with E-state index >= 15 is 0 Å². The molecular formula is C17H18N2O2. The fourth-order valence-corrected chi connectivity index (χ4v) is 2.63. The molecule has 2 aromatic rings. The Bertz CT molecular complexity index is 674. The van der Waals surface area contributed by atoms with Crippen LogP contribution in [0.1, 0.15) is 42.7 Å². The average molecular weight is 282 g/mol. The highest BCUT2D eigenvalue weighted by atomic mass is 16.3. The van der Waals surface area contributed by atoms with Crippen LogP contribution in [0.2, 0.25) is 0 Å². The van der Waals surface area contributed by atoms with Crippen LogP contribution in [0.15, 0.2) is 52.2 Å². The molecule has 108 valence electrons. The highest BCUT2D eigenvalue weighted by Crippen LogP contribution is 2.33. The predicted molar refractivity (Wildman–Crippen MR) is 80.9 cm³/mol. The van der Waals surface area contributed by atoms with Crippen molar-refractivity contribution in [1.29, 1.82) is 0 Å². The quantitative estimate of drug-likeness (QED) is 0.862. The van der Waals surface area contributed by atoms with E-state index in [1.807, 2.05) is 31.2 Å². The van der Waals surface area contributed by atoms with Gasteiger partial charge in [0.05, 0.1) is 12.3 Å². The molecule has 1 aromatic heterocycles. The number of amides is 1. The van der Waals surface area contributed by atoms with E-state index in [9.17, 15) is 4.79 Å². The van der Waals surface area contributed by atoms with Gasteiger partial charge in [0.25, 0.3) is 0 Å². The van der Waals surface area contributed by atoms with E-state index in [2.05, 4.69) is 24.2 Å². The van der Waals surface area contributed by atoms with Crippen molar-refractivity contribution in [2.75, 3.05) is 0 Å². The van der Waals surface area contributed by atoms with Crippen LogP contribution in [0.4, 0.5) is 0 Å². The van der Waals surface area contributed by atoms with Gasteiger partial charge in [-0.1, -0.05) is 36.8 Å². The summed E-state index contributed by atoms with van der Waals surface area (Å²) in [7, 11) is 0.